The summed E-state index contributed by atoms with van der Waals surface area (Å²) in [6, 6.07) is 2.22. The predicted molar refractivity (Wildman–Crippen MR) is 84.7 cm³/mol. The minimum atomic E-state index is -0.786. The van der Waals surface area contributed by atoms with Crippen molar-refractivity contribution in [2.75, 3.05) is 32.7 Å². The fourth-order valence-corrected chi connectivity index (χ4v) is 2.57. The molecule has 1 saturated heterocycles. The third-order valence-electron chi connectivity index (χ3n) is 4.58. The Balaban J connectivity index is 2.48. The molecule has 0 saturated carbocycles. The number of nitriles is 1. The van der Waals surface area contributed by atoms with Crippen molar-refractivity contribution < 1.29 is 4.79 Å². The molecule has 1 heterocycles. The molecule has 1 fully saturated rings. The van der Waals surface area contributed by atoms with Crippen LogP contribution in [-0.4, -0.2) is 49.1 Å². The smallest absolute Gasteiger partial charge is 0.235 e. The fourth-order valence-electron chi connectivity index (χ4n) is 2.57. The van der Waals surface area contributed by atoms with Gasteiger partial charge in [-0.2, -0.15) is 5.26 Å². The Kier molecular flexibility index (Phi) is 7.13. The van der Waals surface area contributed by atoms with Gasteiger partial charge in [-0.1, -0.05) is 20.8 Å². The zero-order chi connectivity index (χ0) is 15.9. The van der Waals surface area contributed by atoms with Crippen LogP contribution in [-0.2, 0) is 4.79 Å². The quantitative estimate of drug-likeness (QED) is 0.744. The third-order valence-corrected chi connectivity index (χ3v) is 4.58. The van der Waals surface area contributed by atoms with Crippen molar-refractivity contribution in [3.63, 3.8) is 0 Å². The van der Waals surface area contributed by atoms with Crippen molar-refractivity contribution in [1.82, 2.24) is 15.5 Å². The van der Waals surface area contributed by atoms with Crippen LogP contribution in [0.5, 0.6) is 0 Å². The molecule has 21 heavy (non-hydrogen) atoms. The van der Waals surface area contributed by atoms with Gasteiger partial charge in [0.2, 0.25) is 5.91 Å². The molecule has 120 valence electrons. The normalized spacial score (nSPS) is 19.3. The number of hydrogen-bond donors (Lipinski definition) is 2. The molecule has 1 unspecified atom stereocenters. The number of nitrogens with one attached hydrogen (secondary N) is 2. The van der Waals surface area contributed by atoms with Gasteiger partial charge in [-0.3, -0.25) is 9.69 Å². The van der Waals surface area contributed by atoms with E-state index in [1.807, 2.05) is 13.8 Å². The molecule has 0 aromatic rings. The highest BCUT2D eigenvalue weighted by atomic mass is 16.2. The minimum Gasteiger partial charge on any atom is -0.337 e. The third kappa shape index (κ3) is 5.64. The molecule has 0 radical (unpaired) electrons. The average Bonchev–Trinajstić information content (AvgIpc) is 2.47. The lowest BCUT2D eigenvalue weighted by Crippen LogP contribution is -2.52. The minimum absolute atomic E-state index is 0.0523. The summed E-state index contributed by atoms with van der Waals surface area (Å²) in [5, 5.41) is 15.5. The van der Waals surface area contributed by atoms with E-state index in [0.29, 0.717) is 12.5 Å². The van der Waals surface area contributed by atoms with Crippen LogP contribution in [0.3, 0.4) is 0 Å². The van der Waals surface area contributed by atoms with Crippen molar-refractivity contribution >= 4 is 5.91 Å². The highest BCUT2D eigenvalue weighted by Crippen LogP contribution is 2.16. The molecular weight excluding hydrogens is 264 g/mol. The zero-order valence-electron chi connectivity index (χ0n) is 13.9. The van der Waals surface area contributed by atoms with Crippen molar-refractivity contribution in [2.24, 2.45) is 11.8 Å². The van der Waals surface area contributed by atoms with Crippen molar-refractivity contribution in [3.05, 3.63) is 0 Å². The lowest BCUT2D eigenvalue weighted by atomic mass is 9.90. The molecule has 0 bridgehead atoms. The summed E-state index contributed by atoms with van der Waals surface area (Å²) in [5.41, 5.74) is -0.786. The van der Waals surface area contributed by atoms with E-state index in [4.69, 9.17) is 0 Å². The van der Waals surface area contributed by atoms with E-state index in [1.54, 1.807) is 6.92 Å². The first-order chi connectivity index (χ1) is 9.91. The van der Waals surface area contributed by atoms with Gasteiger partial charge < -0.3 is 10.6 Å². The molecule has 5 heteroatoms. The second-order valence-corrected chi connectivity index (χ2v) is 6.54. The van der Waals surface area contributed by atoms with Crippen molar-refractivity contribution in [2.45, 2.75) is 46.1 Å². The highest BCUT2D eigenvalue weighted by Gasteiger charge is 2.30. The molecular formula is C16H30N4O. The number of likely N-dealkylation sites (N-methyl/N-ethyl adjacent to an activating group) is 1. The van der Waals surface area contributed by atoms with Crippen molar-refractivity contribution in [3.8, 4) is 6.07 Å². The Morgan fingerprint density at radius 3 is 2.57 bits per heavy atom. The lowest BCUT2D eigenvalue weighted by molar-refractivity contribution is -0.124. The number of piperidine rings is 1. The Bertz CT molecular complexity index is 371. The monoisotopic (exact) mass is 294 g/mol. The van der Waals surface area contributed by atoms with Crippen LogP contribution in [0, 0.1) is 23.2 Å². The molecule has 1 aliphatic heterocycles. The van der Waals surface area contributed by atoms with E-state index >= 15 is 0 Å². The Hall–Kier alpha value is -1.12. The number of carbonyl (C=O) groups is 1. The van der Waals surface area contributed by atoms with E-state index in [2.05, 4.69) is 28.5 Å². The second-order valence-electron chi connectivity index (χ2n) is 6.54. The van der Waals surface area contributed by atoms with E-state index in [9.17, 15) is 10.1 Å². The summed E-state index contributed by atoms with van der Waals surface area (Å²) < 4.78 is 0. The molecule has 1 amide bonds. The van der Waals surface area contributed by atoms with Gasteiger partial charge in [-0.15, -0.1) is 0 Å². The Labute approximate surface area is 129 Å². The van der Waals surface area contributed by atoms with Gasteiger partial charge in [0.1, 0.15) is 5.54 Å². The van der Waals surface area contributed by atoms with E-state index in [-0.39, 0.29) is 11.8 Å². The van der Waals surface area contributed by atoms with Crippen LogP contribution in [0.2, 0.25) is 0 Å². The molecule has 0 aliphatic carbocycles. The predicted octanol–water partition coefficient (Wildman–Crippen LogP) is 1.36. The maximum atomic E-state index is 12.2. The molecule has 5 nitrogen and oxygen atoms in total. The van der Waals surface area contributed by atoms with Crippen LogP contribution in [0.15, 0.2) is 0 Å². The molecule has 1 rings (SSSR count). The molecule has 1 atom stereocenters. The summed E-state index contributed by atoms with van der Waals surface area (Å²) in [5.74, 6) is 0.709. The molecule has 1 aliphatic rings. The topological polar surface area (TPSA) is 68.2 Å². The van der Waals surface area contributed by atoms with E-state index in [1.165, 1.54) is 12.8 Å². The first-order valence-corrected chi connectivity index (χ1v) is 8.06. The van der Waals surface area contributed by atoms with E-state index < -0.39 is 5.54 Å². The van der Waals surface area contributed by atoms with Gasteiger partial charge in [0.25, 0.3) is 0 Å². The first-order valence-electron chi connectivity index (χ1n) is 8.06. The van der Waals surface area contributed by atoms with Gasteiger partial charge in [0.15, 0.2) is 0 Å². The largest absolute Gasteiger partial charge is 0.337 e. The van der Waals surface area contributed by atoms with Crippen LogP contribution in [0.25, 0.3) is 0 Å². The second kappa shape index (κ2) is 8.35. The van der Waals surface area contributed by atoms with Gasteiger partial charge in [0, 0.05) is 6.54 Å². The van der Waals surface area contributed by atoms with Crippen LogP contribution < -0.4 is 10.6 Å². The van der Waals surface area contributed by atoms with Gasteiger partial charge in [-0.25, -0.2) is 0 Å². The first kappa shape index (κ1) is 17.9. The number of rotatable bonds is 7. The standard InChI is InChI=1S/C16H30N4O/c1-5-20(10-14-6-8-18-9-7-14)11-15(21)19-16(4,12-17)13(2)3/h13-14,18H,5-11H2,1-4H3,(H,19,21). The maximum Gasteiger partial charge on any atom is 0.235 e. The van der Waals surface area contributed by atoms with Gasteiger partial charge in [-0.05, 0) is 51.2 Å². The number of hydrogen-bond acceptors (Lipinski definition) is 4. The van der Waals surface area contributed by atoms with Crippen LogP contribution in [0.1, 0.15) is 40.5 Å². The Morgan fingerprint density at radius 1 is 1.48 bits per heavy atom. The van der Waals surface area contributed by atoms with Crippen LogP contribution >= 0.6 is 0 Å². The lowest BCUT2D eigenvalue weighted by Gasteiger charge is -2.31. The maximum absolute atomic E-state index is 12.2. The highest BCUT2D eigenvalue weighted by molar-refractivity contribution is 5.79. The van der Waals surface area contributed by atoms with Crippen LogP contribution in [0.4, 0.5) is 0 Å². The zero-order valence-corrected chi connectivity index (χ0v) is 13.9. The van der Waals surface area contributed by atoms with Crippen molar-refractivity contribution in [1.29, 1.82) is 5.26 Å². The summed E-state index contributed by atoms with van der Waals surface area (Å²) in [7, 11) is 0. The fraction of sp³-hybridized carbons (Fsp3) is 0.875. The molecule has 2 N–H and O–H groups in total. The molecule has 0 spiro atoms. The summed E-state index contributed by atoms with van der Waals surface area (Å²) in [4.78, 5) is 14.4. The molecule has 0 aromatic heterocycles. The Morgan fingerprint density at radius 2 is 2.10 bits per heavy atom. The van der Waals surface area contributed by atoms with E-state index in [0.717, 1.165) is 26.2 Å². The number of carbonyl (C=O) groups excluding carboxylic acids is 1. The number of nitrogens with zero attached hydrogens (tertiary/aromatic N) is 2. The SMILES string of the molecule is CCN(CC(=O)NC(C)(C#N)C(C)C)CC1CCNCC1. The van der Waals surface area contributed by atoms with Gasteiger partial charge in [0.05, 0.1) is 12.6 Å². The average molecular weight is 294 g/mol. The summed E-state index contributed by atoms with van der Waals surface area (Å²) in [6.45, 7) is 12.1. The molecule has 0 aromatic carbocycles. The van der Waals surface area contributed by atoms with Gasteiger partial charge >= 0.3 is 0 Å². The number of amides is 1. The summed E-state index contributed by atoms with van der Waals surface area (Å²) >= 11 is 0. The summed E-state index contributed by atoms with van der Waals surface area (Å²) in [6.07, 6.45) is 2.36.